The zero-order chi connectivity index (χ0) is 15.2. The van der Waals surface area contributed by atoms with E-state index in [1.807, 2.05) is 12.1 Å². The minimum absolute atomic E-state index is 0.0965. The monoisotopic (exact) mass is 310 g/mol. The van der Waals surface area contributed by atoms with Crippen molar-refractivity contribution in [2.75, 3.05) is 20.3 Å². The lowest BCUT2D eigenvalue weighted by atomic mass is 10.1. The summed E-state index contributed by atoms with van der Waals surface area (Å²) in [6.45, 7) is 1.08. The van der Waals surface area contributed by atoms with Crippen LogP contribution in [-0.4, -0.2) is 30.4 Å². The third-order valence-corrected chi connectivity index (χ3v) is 3.80. The number of nitrogens with two attached hydrogens (primary N) is 1. The fraction of sp³-hybridized carbons (Fsp3) is 0.357. The maximum atomic E-state index is 11.3. The van der Waals surface area contributed by atoms with E-state index in [1.54, 1.807) is 13.2 Å². The Morgan fingerprint density at radius 2 is 2.24 bits per heavy atom. The minimum atomic E-state index is -0.281. The molecule has 0 aliphatic heterocycles. The Bertz CT molecular complexity index is 651. The smallest absolute Gasteiger partial charge is 0.307 e. The van der Waals surface area contributed by atoms with Crippen molar-refractivity contribution in [3.63, 3.8) is 0 Å². The molecule has 0 fully saturated rings. The van der Waals surface area contributed by atoms with Crippen LogP contribution >= 0.6 is 11.3 Å². The molecule has 2 aromatic rings. The Morgan fingerprint density at radius 3 is 2.86 bits per heavy atom. The summed E-state index contributed by atoms with van der Waals surface area (Å²) in [5.41, 5.74) is 6.30. The van der Waals surface area contributed by atoms with Crippen LogP contribution < -0.4 is 20.1 Å². The van der Waals surface area contributed by atoms with Gasteiger partial charge in [-0.15, -0.1) is 0 Å². The van der Waals surface area contributed by atoms with Crippen molar-refractivity contribution in [1.82, 2.24) is 4.98 Å². The molecule has 0 aliphatic carbocycles. The van der Waals surface area contributed by atoms with Crippen LogP contribution in [0, 0.1) is 0 Å². The van der Waals surface area contributed by atoms with Crippen molar-refractivity contribution in [2.45, 2.75) is 12.8 Å². The van der Waals surface area contributed by atoms with E-state index in [0.29, 0.717) is 35.9 Å². The number of hydrogen-bond acceptors (Lipinski definition) is 6. The van der Waals surface area contributed by atoms with Gasteiger partial charge in [-0.25, -0.2) is 0 Å². The van der Waals surface area contributed by atoms with Gasteiger partial charge in [0.05, 0.1) is 18.6 Å². The lowest BCUT2D eigenvalue weighted by Gasteiger charge is -2.12. The SMILES string of the molecule is COc1ccc(OCCCN)c(Cc2sc(=O)[nH]c2O)c1. The number of aromatic hydroxyl groups is 1. The molecule has 2 rings (SSSR count). The Morgan fingerprint density at radius 1 is 1.43 bits per heavy atom. The third kappa shape index (κ3) is 3.99. The molecule has 1 aromatic carbocycles. The lowest BCUT2D eigenvalue weighted by Crippen LogP contribution is -2.07. The number of aromatic nitrogens is 1. The van der Waals surface area contributed by atoms with Crippen LogP contribution in [0.1, 0.15) is 16.9 Å². The topological polar surface area (TPSA) is 97.6 Å². The number of benzene rings is 1. The molecule has 0 unspecified atom stereocenters. The molecule has 21 heavy (non-hydrogen) atoms. The molecule has 7 heteroatoms. The Balaban J connectivity index is 2.25. The number of hydrogen-bond donors (Lipinski definition) is 3. The van der Waals surface area contributed by atoms with E-state index in [-0.39, 0.29) is 10.8 Å². The third-order valence-electron chi connectivity index (χ3n) is 2.93. The number of rotatable bonds is 7. The first-order valence-electron chi connectivity index (χ1n) is 6.54. The molecule has 6 nitrogen and oxygen atoms in total. The number of H-pyrrole nitrogens is 1. The van der Waals surface area contributed by atoms with Crippen LogP contribution in [0.3, 0.4) is 0 Å². The highest BCUT2D eigenvalue weighted by Crippen LogP contribution is 2.29. The Labute approximate surface area is 126 Å². The molecule has 4 N–H and O–H groups in total. The average Bonchev–Trinajstić information content (AvgIpc) is 2.78. The predicted molar refractivity (Wildman–Crippen MR) is 81.6 cm³/mol. The number of methoxy groups -OCH3 is 1. The molecule has 0 saturated carbocycles. The number of thiazole rings is 1. The molecule has 0 spiro atoms. The van der Waals surface area contributed by atoms with Gasteiger partial charge < -0.3 is 20.3 Å². The summed E-state index contributed by atoms with van der Waals surface area (Å²) >= 11 is 0.982. The van der Waals surface area contributed by atoms with Gasteiger partial charge in [0.15, 0.2) is 0 Å². The van der Waals surface area contributed by atoms with Crippen molar-refractivity contribution in [2.24, 2.45) is 5.73 Å². The van der Waals surface area contributed by atoms with Gasteiger partial charge in [-0.3, -0.25) is 9.78 Å². The van der Waals surface area contributed by atoms with Crippen molar-refractivity contribution < 1.29 is 14.6 Å². The standard InChI is InChI=1S/C14H18N2O4S/c1-19-10-3-4-11(20-6-2-5-15)9(7-10)8-12-13(17)16-14(18)21-12/h3-4,7,17H,2,5-6,8,15H2,1H3,(H,16,18). The molecule has 0 aliphatic rings. The fourth-order valence-electron chi connectivity index (χ4n) is 1.87. The highest BCUT2D eigenvalue weighted by Gasteiger charge is 2.12. The van der Waals surface area contributed by atoms with E-state index in [4.69, 9.17) is 15.2 Å². The maximum Gasteiger partial charge on any atom is 0.307 e. The predicted octanol–water partition coefficient (Wildman–Crippen LogP) is 1.47. The molecule has 1 aromatic heterocycles. The van der Waals surface area contributed by atoms with Crippen molar-refractivity contribution in [3.05, 3.63) is 38.3 Å². The van der Waals surface area contributed by atoms with Gasteiger partial charge >= 0.3 is 4.87 Å². The highest BCUT2D eigenvalue weighted by molar-refractivity contribution is 7.09. The average molecular weight is 310 g/mol. The van der Waals surface area contributed by atoms with E-state index in [2.05, 4.69) is 4.98 Å². The zero-order valence-electron chi connectivity index (χ0n) is 11.7. The van der Waals surface area contributed by atoms with Crippen molar-refractivity contribution >= 4 is 11.3 Å². The molecule has 0 atom stereocenters. The van der Waals surface area contributed by atoms with E-state index in [9.17, 15) is 9.90 Å². The van der Waals surface area contributed by atoms with E-state index < -0.39 is 0 Å². The summed E-state index contributed by atoms with van der Waals surface area (Å²) < 4.78 is 10.9. The normalized spacial score (nSPS) is 10.6. The Kier molecular flexibility index (Phi) is 5.24. The van der Waals surface area contributed by atoms with Crippen LogP contribution in [0.4, 0.5) is 0 Å². The second-order valence-corrected chi connectivity index (χ2v) is 5.50. The molecule has 114 valence electrons. The fourth-order valence-corrected chi connectivity index (χ4v) is 2.62. The van der Waals surface area contributed by atoms with Gasteiger partial charge in [-0.1, -0.05) is 11.3 Å². The van der Waals surface area contributed by atoms with Gasteiger partial charge in [-0.05, 0) is 31.2 Å². The van der Waals surface area contributed by atoms with E-state index >= 15 is 0 Å². The summed E-state index contributed by atoms with van der Waals surface area (Å²) in [5.74, 6) is 1.30. The van der Waals surface area contributed by atoms with E-state index in [0.717, 1.165) is 23.3 Å². The van der Waals surface area contributed by atoms with Crippen LogP contribution in [0.15, 0.2) is 23.0 Å². The van der Waals surface area contributed by atoms with Crippen molar-refractivity contribution in [3.8, 4) is 17.4 Å². The molecule has 1 heterocycles. The van der Waals surface area contributed by atoms with Gasteiger partial charge in [0.2, 0.25) is 5.88 Å². The molecule has 0 saturated heterocycles. The second-order valence-electron chi connectivity index (χ2n) is 4.43. The maximum absolute atomic E-state index is 11.3. The first-order chi connectivity index (χ1) is 10.1. The van der Waals surface area contributed by atoms with Crippen LogP contribution in [0.5, 0.6) is 17.4 Å². The van der Waals surface area contributed by atoms with E-state index in [1.165, 1.54) is 0 Å². The molecule has 0 amide bonds. The highest BCUT2D eigenvalue weighted by atomic mass is 32.1. The second kappa shape index (κ2) is 7.14. The number of nitrogens with one attached hydrogen (secondary N) is 1. The first kappa shape index (κ1) is 15.4. The van der Waals surface area contributed by atoms with Gasteiger partial charge in [0.1, 0.15) is 11.5 Å². The summed E-state index contributed by atoms with van der Waals surface area (Å²) in [4.78, 5) is 13.9. The van der Waals surface area contributed by atoms with Gasteiger partial charge in [-0.2, -0.15) is 0 Å². The Hall–Kier alpha value is -1.99. The zero-order valence-corrected chi connectivity index (χ0v) is 12.5. The number of aromatic amines is 1. The quantitative estimate of drug-likeness (QED) is 0.673. The van der Waals surface area contributed by atoms with Crippen LogP contribution in [0.2, 0.25) is 0 Å². The molecular formula is C14H18N2O4S. The van der Waals surface area contributed by atoms with Crippen LogP contribution in [0.25, 0.3) is 0 Å². The largest absolute Gasteiger partial charge is 0.497 e. The molecule has 0 radical (unpaired) electrons. The molecule has 0 bridgehead atoms. The van der Waals surface area contributed by atoms with Gasteiger partial charge in [0, 0.05) is 12.0 Å². The summed E-state index contributed by atoms with van der Waals surface area (Å²) in [7, 11) is 1.58. The minimum Gasteiger partial charge on any atom is -0.497 e. The van der Waals surface area contributed by atoms with Crippen molar-refractivity contribution in [1.29, 1.82) is 0 Å². The molecular weight excluding hydrogens is 292 g/mol. The summed E-state index contributed by atoms with van der Waals surface area (Å²) in [6.07, 6.45) is 1.15. The van der Waals surface area contributed by atoms with Crippen LogP contribution in [-0.2, 0) is 6.42 Å². The summed E-state index contributed by atoms with van der Waals surface area (Å²) in [6, 6.07) is 5.46. The first-order valence-corrected chi connectivity index (χ1v) is 7.36. The van der Waals surface area contributed by atoms with Gasteiger partial charge in [0.25, 0.3) is 0 Å². The summed E-state index contributed by atoms with van der Waals surface area (Å²) in [5, 5.41) is 9.69. The lowest BCUT2D eigenvalue weighted by molar-refractivity contribution is 0.309. The number of ether oxygens (including phenoxy) is 2.